The van der Waals surface area contributed by atoms with E-state index in [0.717, 1.165) is 18.4 Å². The highest BCUT2D eigenvalue weighted by atomic mass is 35.5. The summed E-state index contributed by atoms with van der Waals surface area (Å²) in [6.07, 6.45) is 2.24. The number of carbonyl (C=O) groups is 2. The Balaban J connectivity index is 1.45. The van der Waals surface area contributed by atoms with Gasteiger partial charge in [0.05, 0.1) is 0 Å². The molecule has 3 rings (SSSR count). The molecule has 2 heterocycles. The highest BCUT2D eigenvalue weighted by Crippen LogP contribution is 2.19. The molecule has 1 aromatic heterocycles. The first-order chi connectivity index (χ1) is 12.5. The molecule has 138 valence electrons. The van der Waals surface area contributed by atoms with Gasteiger partial charge in [0.2, 0.25) is 23.5 Å². The minimum Gasteiger partial charge on any atom is -0.353 e. The quantitative estimate of drug-likeness (QED) is 0.865. The number of carbonyl (C=O) groups excluding carboxylic acids is 2. The third-order valence-corrected chi connectivity index (χ3v) is 4.69. The molecule has 7 nitrogen and oxygen atoms in total. The van der Waals surface area contributed by atoms with E-state index in [-0.39, 0.29) is 24.3 Å². The Labute approximate surface area is 156 Å². The van der Waals surface area contributed by atoms with Crippen LogP contribution in [0.4, 0.5) is 0 Å². The van der Waals surface area contributed by atoms with Crippen LogP contribution in [-0.2, 0) is 16.0 Å². The van der Waals surface area contributed by atoms with Crippen LogP contribution >= 0.6 is 11.6 Å². The first-order valence-electron chi connectivity index (χ1n) is 8.64. The number of nitrogens with one attached hydrogen (secondary N) is 1. The summed E-state index contributed by atoms with van der Waals surface area (Å²) in [6, 6.07) is 7.27. The van der Waals surface area contributed by atoms with Gasteiger partial charge in [0.1, 0.15) is 0 Å². The van der Waals surface area contributed by atoms with Crippen LogP contribution in [0.5, 0.6) is 0 Å². The highest BCUT2D eigenvalue weighted by Gasteiger charge is 2.22. The normalized spacial score (nSPS) is 15.1. The van der Waals surface area contributed by atoms with Crippen molar-refractivity contribution in [2.45, 2.75) is 38.6 Å². The number of likely N-dealkylation sites (tertiary alicyclic amines) is 1. The lowest BCUT2D eigenvalue weighted by Gasteiger charge is -2.31. The zero-order valence-corrected chi connectivity index (χ0v) is 15.3. The van der Waals surface area contributed by atoms with Crippen LogP contribution in [-0.4, -0.2) is 46.0 Å². The van der Waals surface area contributed by atoms with E-state index < -0.39 is 0 Å². The maximum Gasteiger partial charge on any atom is 0.227 e. The molecule has 1 saturated heterocycles. The van der Waals surface area contributed by atoms with Gasteiger partial charge in [-0.25, -0.2) is 0 Å². The number of hydrogen-bond donors (Lipinski definition) is 1. The van der Waals surface area contributed by atoms with E-state index in [9.17, 15) is 9.59 Å². The smallest absolute Gasteiger partial charge is 0.227 e. The van der Waals surface area contributed by atoms with Crippen molar-refractivity contribution in [3.05, 3.63) is 35.2 Å². The molecule has 0 saturated carbocycles. The number of aromatic nitrogens is 2. The van der Waals surface area contributed by atoms with Gasteiger partial charge in [-0.3, -0.25) is 9.59 Å². The summed E-state index contributed by atoms with van der Waals surface area (Å²) in [5.74, 6) is 0.949. The molecule has 1 aliphatic rings. The highest BCUT2D eigenvalue weighted by molar-refractivity contribution is 6.30. The van der Waals surface area contributed by atoms with Gasteiger partial charge in [-0.2, -0.15) is 4.98 Å². The Kier molecular flexibility index (Phi) is 5.88. The first kappa shape index (κ1) is 18.4. The Morgan fingerprint density at radius 1 is 1.27 bits per heavy atom. The molecule has 8 heteroatoms. The van der Waals surface area contributed by atoms with E-state index >= 15 is 0 Å². The summed E-state index contributed by atoms with van der Waals surface area (Å²) >= 11 is 5.86. The Hall–Kier alpha value is -2.41. The van der Waals surface area contributed by atoms with Crippen LogP contribution < -0.4 is 5.32 Å². The second-order valence-electron chi connectivity index (χ2n) is 6.37. The second-order valence-corrected chi connectivity index (χ2v) is 6.80. The van der Waals surface area contributed by atoms with Gasteiger partial charge in [0, 0.05) is 49.5 Å². The summed E-state index contributed by atoms with van der Waals surface area (Å²) in [7, 11) is 0. The fourth-order valence-corrected chi connectivity index (χ4v) is 3.06. The molecule has 0 bridgehead atoms. The summed E-state index contributed by atoms with van der Waals surface area (Å²) in [5.41, 5.74) is 0.811. The number of rotatable bonds is 5. The zero-order chi connectivity index (χ0) is 18.5. The van der Waals surface area contributed by atoms with Gasteiger partial charge >= 0.3 is 0 Å². The lowest BCUT2D eigenvalue weighted by Crippen LogP contribution is -2.46. The average molecular weight is 377 g/mol. The van der Waals surface area contributed by atoms with Crippen LogP contribution in [0.25, 0.3) is 11.4 Å². The fourth-order valence-electron chi connectivity index (χ4n) is 2.93. The molecule has 1 aromatic carbocycles. The molecule has 0 atom stereocenters. The van der Waals surface area contributed by atoms with Crippen molar-refractivity contribution in [3.63, 3.8) is 0 Å². The van der Waals surface area contributed by atoms with E-state index in [1.54, 1.807) is 24.0 Å². The van der Waals surface area contributed by atoms with Gasteiger partial charge in [-0.15, -0.1) is 0 Å². The topological polar surface area (TPSA) is 88.3 Å². The third-order valence-electron chi connectivity index (χ3n) is 4.44. The maximum absolute atomic E-state index is 12.1. The van der Waals surface area contributed by atoms with Gasteiger partial charge in [-0.1, -0.05) is 16.8 Å². The summed E-state index contributed by atoms with van der Waals surface area (Å²) in [5, 5.41) is 7.59. The fraction of sp³-hybridized carbons (Fsp3) is 0.444. The number of hydrogen-bond acceptors (Lipinski definition) is 5. The summed E-state index contributed by atoms with van der Waals surface area (Å²) in [4.78, 5) is 29.6. The molecule has 2 amide bonds. The molecule has 0 unspecified atom stereocenters. The Morgan fingerprint density at radius 3 is 2.62 bits per heavy atom. The number of halogens is 1. The predicted octanol–water partition coefficient (Wildman–Crippen LogP) is 2.45. The molecule has 2 aromatic rings. The van der Waals surface area contributed by atoms with Crippen molar-refractivity contribution in [3.8, 4) is 11.4 Å². The van der Waals surface area contributed by atoms with E-state index in [1.165, 1.54) is 0 Å². The van der Waals surface area contributed by atoms with E-state index in [2.05, 4.69) is 15.5 Å². The molecule has 1 fully saturated rings. The van der Waals surface area contributed by atoms with Crippen LogP contribution in [0.3, 0.4) is 0 Å². The van der Waals surface area contributed by atoms with Crippen molar-refractivity contribution < 1.29 is 14.1 Å². The zero-order valence-electron chi connectivity index (χ0n) is 14.6. The van der Waals surface area contributed by atoms with Crippen molar-refractivity contribution >= 4 is 23.4 Å². The maximum atomic E-state index is 12.1. The lowest BCUT2D eigenvalue weighted by atomic mass is 10.0. The standard InChI is InChI=1S/C18H21ClN4O3/c1-12(24)23-10-8-15(9-11-23)20-16(25)6-7-17-21-18(22-26-17)13-2-4-14(19)5-3-13/h2-5,15H,6-11H2,1H3,(H,20,25). The number of benzene rings is 1. The minimum absolute atomic E-state index is 0.0440. The summed E-state index contributed by atoms with van der Waals surface area (Å²) < 4.78 is 5.21. The number of aryl methyl sites for hydroxylation is 1. The Morgan fingerprint density at radius 2 is 1.96 bits per heavy atom. The average Bonchev–Trinajstić information content (AvgIpc) is 3.10. The Bertz CT molecular complexity index is 767. The monoisotopic (exact) mass is 376 g/mol. The van der Waals surface area contributed by atoms with Crippen molar-refractivity contribution in [1.29, 1.82) is 0 Å². The lowest BCUT2D eigenvalue weighted by molar-refractivity contribution is -0.130. The summed E-state index contributed by atoms with van der Waals surface area (Å²) in [6.45, 7) is 2.95. The minimum atomic E-state index is -0.0440. The second kappa shape index (κ2) is 8.31. The first-order valence-corrected chi connectivity index (χ1v) is 9.02. The molecular weight excluding hydrogens is 356 g/mol. The van der Waals surface area contributed by atoms with Crippen LogP contribution in [0.15, 0.2) is 28.8 Å². The predicted molar refractivity (Wildman–Crippen MR) is 96.5 cm³/mol. The SMILES string of the molecule is CC(=O)N1CCC(NC(=O)CCc2nc(-c3ccc(Cl)cc3)no2)CC1. The van der Waals surface area contributed by atoms with Gasteiger partial charge in [-0.05, 0) is 37.1 Å². The number of nitrogens with zero attached hydrogens (tertiary/aromatic N) is 3. The van der Waals surface area contributed by atoms with Crippen molar-refractivity contribution in [2.75, 3.05) is 13.1 Å². The van der Waals surface area contributed by atoms with Crippen LogP contribution in [0.2, 0.25) is 5.02 Å². The molecule has 26 heavy (non-hydrogen) atoms. The van der Waals surface area contributed by atoms with E-state index in [0.29, 0.717) is 36.2 Å². The van der Waals surface area contributed by atoms with Gasteiger partial charge < -0.3 is 14.7 Å². The van der Waals surface area contributed by atoms with Crippen molar-refractivity contribution in [2.24, 2.45) is 0 Å². The van der Waals surface area contributed by atoms with Gasteiger partial charge in [0.15, 0.2) is 0 Å². The molecule has 0 radical (unpaired) electrons. The molecular formula is C18H21ClN4O3. The van der Waals surface area contributed by atoms with Crippen LogP contribution in [0.1, 0.15) is 32.1 Å². The largest absolute Gasteiger partial charge is 0.353 e. The molecule has 1 aliphatic heterocycles. The van der Waals surface area contributed by atoms with Gasteiger partial charge in [0.25, 0.3) is 0 Å². The van der Waals surface area contributed by atoms with E-state index in [4.69, 9.17) is 16.1 Å². The molecule has 1 N–H and O–H groups in total. The third kappa shape index (κ3) is 4.82. The molecule has 0 spiro atoms. The molecule has 0 aliphatic carbocycles. The van der Waals surface area contributed by atoms with Crippen molar-refractivity contribution in [1.82, 2.24) is 20.4 Å². The van der Waals surface area contributed by atoms with Crippen LogP contribution in [0, 0.1) is 0 Å². The number of piperidine rings is 1. The number of amides is 2. The van der Waals surface area contributed by atoms with E-state index in [1.807, 2.05) is 12.1 Å².